The van der Waals surface area contributed by atoms with Gasteiger partial charge in [-0.25, -0.2) is 18.1 Å². The minimum atomic E-state index is -3.48. The summed E-state index contributed by atoms with van der Waals surface area (Å²) >= 11 is 0. The van der Waals surface area contributed by atoms with Gasteiger partial charge in [-0.05, 0) is 76.4 Å². The van der Waals surface area contributed by atoms with E-state index >= 15 is 0 Å². The number of rotatable bonds is 7. The number of nitrogens with zero attached hydrogens (tertiary/aromatic N) is 5. The summed E-state index contributed by atoms with van der Waals surface area (Å²) in [4.78, 5) is 10.7. The molecule has 36 heavy (non-hydrogen) atoms. The van der Waals surface area contributed by atoms with Crippen molar-refractivity contribution in [3.8, 4) is 23.4 Å². The summed E-state index contributed by atoms with van der Waals surface area (Å²) in [6, 6.07) is 9.21. The lowest BCUT2D eigenvalue weighted by atomic mass is 10.0. The van der Waals surface area contributed by atoms with Crippen LogP contribution in [0.2, 0.25) is 0 Å². The summed E-state index contributed by atoms with van der Waals surface area (Å²) in [5.74, 6) is 0.915. The topological polar surface area (TPSA) is 134 Å². The van der Waals surface area contributed by atoms with Gasteiger partial charge in [-0.3, -0.25) is 0 Å². The first-order valence-electron chi connectivity index (χ1n) is 11.7. The number of pyridine rings is 1. The smallest absolute Gasteiger partial charge is 0.270 e. The van der Waals surface area contributed by atoms with E-state index in [1.165, 1.54) is 0 Å². The molecule has 10 nitrogen and oxygen atoms in total. The predicted octanol–water partition coefficient (Wildman–Crippen LogP) is 4.26. The molecule has 1 aliphatic heterocycles. The number of hydrogen-bond acceptors (Lipinski definition) is 9. The minimum Gasteiger partial charge on any atom is -0.474 e. The maximum absolute atomic E-state index is 12.6. The molecule has 0 spiro atoms. The average molecular weight is 511 g/mol. The second-order valence-corrected chi connectivity index (χ2v) is 12.5. The Morgan fingerprint density at radius 2 is 1.97 bits per heavy atom. The third-order valence-corrected chi connectivity index (χ3v) is 8.14. The van der Waals surface area contributed by atoms with Gasteiger partial charge in [-0.1, -0.05) is 12.1 Å². The Morgan fingerprint density at radius 3 is 2.64 bits per heavy atom. The van der Waals surface area contributed by atoms with E-state index in [0.29, 0.717) is 18.1 Å². The van der Waals surface area contributed by atoms with Crippen LogP contribution in [0.25, 0.3) is 11.5 Å². The molecule has 1 atom stereocenters. The maximum atomic E-state index is 12.6. The van der Waals surface area contributed by atoms with E-state index in [1.807, 2.05) is 43.9 Å². The van der Waals surface area contributed by atoms with Crippen molar-refractivity contribution in [1.82, 2.24) is 19.8 Å². The number of hydrogen-bond donors (Lipinski definition) is 1. The van der Waals surface area contributed by atoms with E-state index in [-0.39, 0.29) is 29.5 Å². The highest BCUT2D eigenvalue weighted by Gasteiger charge is 2.31. The molecule has 0 amide bonds. The molecule has 4 rings (SSSR count). The number of nitrogens with one attached hydrogen (secondary N) is 1. The van der Waals surface area contributed by atoms with Crippen LogP contribution >= 0.6 is 0 Å². The molecule has 1 aliphatic rings. The molecule has 0 bridgehead atoms. The van der Waals surface area contributed by atoms with E-state index in [2.05, 4.69) is 25.9 Å². The molecule has 0 unspecified atom stereocenters. The van der Waals surface area contributed by atoms with Crippen molar-refractivity contribution in [2.45, 2.75) is 64.9 Å². The zero-order valence-electron chi connectivity index (χ0n) is 21.2. The molecule has 0 fully saturated rings. The molecular formula is C25H30N6O4S. The molecule has 1 N–H and O–H groups in total. The van der Waals surface area contributed by atoms with Crippen LogP contribution in [0.4, 0.5) is 11.6 Å². The Morgan fingerprint density at radius 1 is 1.22 bits per heavy atom. The number of fused-ring (bicyclic) bond motifs is 1. The summed E-state index contributed by atoms with van der Waals surface area (Å²) in [7, 11) is -3.48. The van der Waals surface area contributed by atoms with Crippen LogP contribution in [-0.4, -0.2) is 40.9 Å². The molecule has 0 radical (unpaired) electrons. The number of sulfonamides is 1. The Kier molecular flexibility index (Phi) is 6.77. The van der Waals surface area contributed by atoms with E-state index in [0.717, 1.165) is 23.2 Å². The third kappa shape index (κ3) is 5.05. The largest absolute Gasteiger partial charge is 0.474 e. The summed E-state index contributed by atoms with van der Waals surface area (Å²) in [5, 5.41) is 13.6. The van der Waals surface area contributed by atoms with Crippen LogP contribution in [0.1, 0.15) is 64.3 Å². The minimum absolute atomic E-state index is 0.108. The first kappa shape index (κ1) is 25.6. The lowest BCUT2D eigenvalue weighted by molar-refractivity contribution is 0.232. The molecule has 3 heterocycles. The first-order chi connectivity index (χ1) is 16.9. The summed E-state index contributed by atoms with van der Waals surface area (Å²) in [6.45, 7) is 11.2. The first-order valence-corrected chi connectivity index (χ1v) is 13.2. The number of nitriles is 1. The lowest BCUT2D eigenvalue weighted by Gasteiger charge is -2.24. The molecule has 0 aliphatic carbocycles. The van der Waals surface area contributed by atoms with E-state index in [1.54, 1.807) is 33.0 Å². The molecular weight excluding hydrogens is 480 g/mol. The van der Waals surface area contributed by atoms with Gasteiger partial charge in [0.05, 0.1) is 16.4 Å². The van der Waals surface area contributed by atoms with Gasteiger partial charge in [0.1, 0.15) is 11.6 Å². The van der Waals surface area contributed by atoms with Gasteiger partial charge in [0.25, 0.3) is 11.8 Å². The van der Waals surface area contributed by atoms with Gasteiger partial charge in [-0.2, -0.15) is 10.2 Å². The fraction of sp³-hybridized carbons (Fsp3) is 0.440. The molecule has 11 heteroatoms. The summed E-state index contributed by atoms with van der Waals surface area (Å²) in [5.41, 5.74) is 3.71. The van der Waals surface area contributed by atoms with Crippen molar-refractivity contribution in [3.63, 3.8) is 0 Å². The monoisotopic (exact) mass is 510 g/mol. The Balaban J connectivity index is 1.55. The van der Waals surface area contributed by atoms with Crippen LogP contribution in [0.5, 0.6) is 5.88 Å². The van der Waals surface area contributed by atoms with Gasteiger partial charge in [0, 0.05) is 24.5 Å². The van der Waals surface area contributed by atoms with Crippen LogP contribution in [0, 0.1) is 11.3 Å². The molecule has 190 valence electrons. The van der Waals surface area contributed by atoms with Gasteiger partial charge in [-0.15, -0.1) is 0 Å². The van der Waals surface area contributed by atoms with Crippen molar-refractivity contribution >= 4 is 21.7 Å². The number of ether oxygens (including phenoxy) is 1. The quantitative estimate of drug-likeness (QED) is 0.494. The van der Waals surface area contributed by atoms with E-state index in [4.69, 9.17) is 9.26 Å². The van der Waals surface area contributed by atoms with E-state index < -0.39 is 14.8 Å². The number of anilines is 2. The fourth-order valence-electron chi connectivity index (χ4n) is 3.79. The molecule has 2 aromatic heterocycles. The molecule has 3 aromatic rings. The van der Waals surface area contributed by atoms with Crippen molar-refractivity contribution in [2.75, 3.05) is 11.4 Å². The summed E-state index contributed by atoms with van der Waals surface area (Å²) in [6.07, 6.45) is 2.19. The Hall–Kier alpha value is -3.49. The number of aromatic nitrogens is 3. The lowest BCUT2D eigenvalue weighted by Crippen LogP contribution is -2.40. The highest BCUT2D eigenvalue weighted by atomic mass is 32.2. The molecule has 0 saturated heterocycles. The van der Waals surface area contributed by atoms with Gasteiger partial charge in [0.15, 0.2) is 0 Å². The van der Waals surface area contributed by atoms with Gasteiger partial charge < -0.3 is 14.2 Å². The maximum Gasteiger partial charge on any atom is 0.270 e. The van der Waals surface area contributed by atoms with Gasteiger partial charge >= 0.3 is 0 Å². The fourth-order valence-corrected chi connectivity index (χ4v) is 4.74. The standard InChI is InChI=1S/C25H30N6O4S/c1-15(2)34-22-19(13-26)12-20(14-27-22)23-28-24(29-35-23)31-10-9-18-11-17(7-8-21(18)31)16(3)30-36(32,33)25(4,5)6/h7-8,11-12,14-16,30H,9-10H2,1-6H3/t16-/m0/s1. The van der Waals surface area contributed by atoms with Crippen molar-refractivity contribution in [1.29, 1.82) is 5.26 Å². The second-order valence-electron chi connectivity index (χ2n) is 10.00. The highest BCUT2D eigenvalue weighted by molar-refractivity contribution is 7.90. The predicted molar refractivity (Wildman–Crippen MR) is 135 cm³/mol. The second kappa shape index (κ2) is 9.52. The Bertz CT molecular complexity index is 1420. The van der Waals surface area contributed by atoms with Crippen LogP contribution in [0.15, 0.2) is 35.0 Å². The zero-order chi connectivity index (χ0) is 26.3. The van der Waals surface area contributed by atoms with Crippen molar-refractivity contribution < 1.29 is 17.7 Å². The van der Waals surface area contributed by atoms with Crippen LogP contribution in [0.3, 0.4) is 0 Å². The average Bonchev–Trinajstić information content (AvgIpc) is 3.44. The van der Waals surface area contributed by atoms with Crippen molar-refractivity contribution in [2.24, 2.45) is 0 Å². The number of benzene rings is 1. The van der Waals surface area contributed by atoms with E-state index in [9.17, 15) is 13.7 Å². The van der Waals surface area contributed by atoms with Crippen LogP contribution in [-0.2, 0) is 16.4 Å². The van der Waals surface area contributed by atoms with Crippen LogP contribution < -0.4 is 14.4 Å². The Labute approximate surface area is 211 Å². The van der Waals surface area contributed by atoms with Gasteiger partial charge in [0.2, 0.25) is 15.9 Å². The zero-order valence-corrected chi connectivity index (χ0v) is 22.0. The highest BCUT2D eigenvalue weighted by Crippen LogP contribution is 2.36. The SMILES string of the molecule is CC(C)Oc1ncc(-c2nc(N3CCc4cc([C@H](C)NS(=O)(=O)C(C)(C)C)ccc43)no2)cc1C#N. The molecule has 0 saturated carbocycles. The normalized spacial score (nSPS) is 14.6. The summed E-state index contributed by atoms with van der Waals surface area (Å²) < 4.78 is 38.0. The molecule has 1 aromatic carbocycles. The van der Waals surface area contributed by atoms with Crippen molar-refractivity contribution in [3.05, 3.63) is 47.2 Å². The third-order valence-electron chi connectivity index (χ3n) is 5.86.